The van der Waals surface area contributed by atoms with E-state index in [1.165, 1.54) is 0 Å². The van der Waals surface area contributed by atoms with Crippen LogP contribution in [0.2, 0.25) is 5.02 Å². The van der Waals surface area contributed by atoms with Gasteiger partial charge in [-0.2, -0.15) is 0 Å². The van der Waals surface area contributed by atoms with Crippen LogP contribution in [0.3, 0.4) is 0 Å². The van der Waals surface area contributed by atoms with Crippen LogP contribution in [0, 0.1) is 0 Å². The molecule has 3 aromatic rings. The smallest absolute Gasteiger partial charge is 0.258 e. The number of rotatable bonds is 4. The molecule has 2 aromatic carbocycles. The van der Waals surface area contributed by atoms with Crippen LogP contribution >= 0.6 is 11.6 Å². The lowest BCUT2D eigenvalue weighted by Crippen LogP contribution is -2.20. The molecule has 3 rings (SSSR count). The molecule has 0 saturated carbocycles. The number of hydrogen-bond donors (Lipinski definition) is 0. The number of pyridine rings is 1. The van der Waals surface area contributed by atoms with Gasteiger partial charge < -0.3 is 9.30 Å². The molecule has 0 radical (unpaired) electrons. The monoisotopic (exact) mass is 327 g/mol. The second kappa shape index (κ2) is 6.47. The third-order valence-electron chi connectivity index (χ3n) is 3.56. The molecule has 23 heavy (non-hydrogen) atoms. The fourth-order valence-corrected chi connectivity index (χ4v) is 2.78. The van der Waals surface area contributed by atoms with Gasteiger partial charge in [0.2, 0.25) is 0 Å². The summed E-state index contributed by atoms with van der Waals surface area (Å²) in [5.41, 5.74) is 0.984. The summed E-state index contributed by atoms with van der Waals surface area (Å²) in [6.07, 6.45) is 1.92. The van der Waals surface area contributed by atoms with E-state index in [4.69, 9.17) is 16.3 Å². The van der Waals surface area contributed by atoms with Gasteiger partial charge >= 0.3 is 0 Å². The zero-order valence-corrected chi connectivity index (χ0v) is 13.9. The van der Waals surface area contributed by atoms with E-state index in [1.54, 1.807) is 4.57 Å². The van der Waals surface area contributed by atoms with Crippen molar-refractivity contribution in [2.24, 2.45) is 0 Å². The van der Waals surface area contributed by atoms with Crippen LogP contribution in [-0.2, 0) is 6.54 Å². The highest BCUT2D eigenvalue weighted by Crippen LogP contribution is 2.20. The Labute approximate surface area is 140 Å². The van der Waals surface area contributed by atoms with Crippen LogP contribution in [0.25, 0.3) is 10.8 Å². The molecule has 0 saturated heterocycles. The predicted molar refractivity (Wildman–Crippen MR) is 94.5 cm³/mol. The molecule has 118 valence electrons. The number of halogens is 1. The van der Waals surface area contributed by atoms with Gasteiger partial charge in [-0.3, -0.25) is 4.79 Å². The molecule has 0 bridgehead atoms. The average Bonchev–Trinajstić information content (AvgIpc) is 2.50. The van der Waals surface area contributed by atoms with Crippen LogP contribution in [0.1, 0.15) is 19.4 Å². The Morgan fingerprint density at radius 2 is 1.96 bits per heavy atom. The Balaban J connectivity index is 1.97. The van der Waals surface area contributed by atoms with Gasteiger partial charge in [-0.15, -0.1) is 0 Å². The largest absolute Gasteiger partial charge is 0.491 e. The zero-order chi connectivity index (χ0) is 16.4. The van der Waals surface area contributed by atoms with Crippen LogP contribution in [0.15, 0.2) is 59.5 Å². The summed E-state index contributed by atoms with van der Waals surface area (Å²) in [6.45, 7) is 4.46. The number of benzene rings is 2. The second-order valence-corrected chi connectivity index (χ2v) is 6.23. The van der Waals surface area contributed by atoms with Crippen molar-refractivity contribution in [2.45, 2.75) is 26.5 Å². The highest BCUT2D eigenvalue weighted by molar-refractivity contribution is 6.30. The maximum absolute atomic E-state index is 12.6. The van der Waals surface area contributed by atoms with E-state index in [1.807, 2.05) is 68.6 Å². The van der Waals surface area contributed by atoms with E-state index >= 15 is 0 Å². The molecule has 4 heteroatoms. The first-order valence-corrected chi connectivity index (χ1v) is 7.95. The van der Waals surface area contributed by atoms with E-state index < -0.39 is 0 Å². The number of hydrogen-bond acceptors (Lipinski definition) is 2. The zero-order valence-electron chi connectivity index (χ0n) is 13.1. The highest BCUT2D eigenvalue weighted by atomic mass is 35.5. The lowest BCUT2D eigenvalue weighted by molar-refractivity contribution is 0.243. The third-order valence-corrected chi connectivity index (χ3v) is 3.80. The van der Waals surface area contributed by atoms with E-state index in [0.29, 0.717) is 17.0 Å². The molecule has 0 unspecified atom stereocenters. The Bertz CT molecular complexity index is 899. The molecule has 1 heterocycles. The molecule has 0 amide bonds. The van der Waals surface area contributed by atoms with Crippen LogP contribution in [-0.4, -0.2) is 10.7 Å². The summed E-state index contributed by atoms with van der Waals surface area (Å²) >= 11 is 6.00. The molecule has 0 fully saturated rings. The topological polar surface area (TPSA) is 31.2 Å². The minimum atomic E-state index is -0.0152. The quantitative estimate of drug-likeness (QED) is 0.707. The summed E-state index contributed by atoms with van der Waals surface area (Å²) in [7, 11) is 0. The van der Waals surface area contributed by atoms with E-state index in [2.05, 4.69) is 0 Å². The Kier molecular flexibility index (Phi) is 4.39. The van der Waals surface area contributed by atoms with E-state index in [-0.39, 0.29) is 11.7 Å². The normalized spacial score (nSPS) is 11.1. The van der Waals surface area contributed by atoms with Crippen molar-refractivity contribution in [2.75, 3.05) is 0 Å². The minimum Gasteiger partial charge on any atom is -0.491 e. The lowest BCUT2D eigenvalue weighted by atomic mass is 10.1. The first kappa shape index (κ1) is 15.6. The number of fused-ring (bicyclic) bond motifs is 1. The summed E-state index contributed by atoms with van der Waals surface area (Å²) in [6, 6.07) is 15.1. The summed E-state index contributed by atoms with van der Waals surface area (Å²) in [4.78, 5) is 12.6. The molecule has 3 nitrogen and oxygen atoms in total. The molecule has 0 aliphatic rings. The van der Waals surface area contributed by atoms with Crippen LogP contribution < -0.4 is 10.3 Å². The van der Waals surface area contributed by atoms with Crippen molar-refractivity contribution in [1.82, 2.24) is 4.57 Å². The van der Waals surface area contributed by atoms with Crippen LogP contribution in [0.4, 0.5) is 0 Å². The van der Waals surface area contributed by atoms with Crippen molar-refractivity contribution >= 4 is 22.4 Å². The first-order chi connectivity index (χ1) is 11.0. The lowest BCUT2D eigenvalue weighted by Gasteiger charge is -2.11. The Morgan fingerprint density at radius 1 is 1.13 bits per heavy atom. The molecular formula is C19H18ClNO2. The second-order valence-electron chi connectivity index (χ2n) is 5.79. The van der Waals surface area contributed by atoms with Crippen molar-refractivity contribution in [3.8, 4) is 5.75 Å². The van der Waals surface area contributed by atoms with E-state index in [0.717, 1.165) is 16.7 Å². The number of aromatic nitrogens is 1. The van der Waals surface area contributed by atoms with Gasteiger partial charge in [-0.1, -0.05) is 23.7 Å². The predicted octanol–water partition coefficient (Wildman–Crippen LogP) is 4.49. The SMILES string of the molecule is CC(C)Oc1ccc2c(=O)n(Cc3cccc(Cl)c3)ccc2c1. The third kappa shape index (κ3) is 3.57. The highest BCUT2D eigenvalue weighted by Gasteiger charge is 2.06. The summed E-state index contributed by atoms with van der Waals surface area (Å²) in [5.74, 6) is 0.777. The van der Waals surface area contributed by atoms with Gasteiger partial charge in [-0.25, -0.2) is 0 Å². The van der Waals surface area contributed by atoms with Gasteiger partial charge in [0.15, 0.2) is 0 Å². The molecule has 1 aromatic heterocycles. The average molecular weight is 328 g/mol. The minimum absolute atomic E-state index is 0.0152. The van der Waals surface area contributed by atoms with Crippen LogP contribution in [0.5, 0.6) is 5.75 Å². The van der Waals surface area contributed by atoms with Crippen molar-refractivity contribution < 1.29 is 4.74 Å². The fourth-order valence-electron chi connectivity index (χ4n) is 2.57. The summed E-state index contributed by atoms with van der Waals surface area (Å²) in [5, 5.41) is 2.24. The number of ether oxygens (including phenoxy) is 1. The molecular weight excluding hydrogens is 310 g/mol. The maximum Gasteiger partial charge on any atom is 0.258 e. The maximum atomic E-state index is 12.6. The van der Waals surface area contributed by atoms with Crippen molar-refractivity contribution in [1.29, 1.82) is 0 Å². The van der Waals surface area contributed by atoms with Gasteiger partial charge in [0.1, 0.15) is 5.75 Å². The standard InChI is InChI=1S/C19H18ClNO2/c1-13(2)23-17-6-7-18-15(11-17)8-9-21(19(18)22)12-14-4-3-5-16(20)10-14/h3-11,13H,12H2,1-2H3. The molecule has 0 atom stereocenters. The fraction of sp³-hybridized carbons (Fsp3) is 0.211. The molecule has 0 spiro atoms. The van der Waals surface area contributed by atoms with Gasteiger partial charge in [-0.05, 0) is 61.2 Å². The first-order valence-electron chi connectivity index (χ1n) is 7.57. The van der Waals surface area contributed by atoms with Crippen molar-refractivity contribution in [3.05, 3.63) is 75.7 Å². The molecule has 0 N–H and O–H groups in total. The molecule has 0 aliphatic heterocycles. The van der Waals surface area contributed by atoms with Crippen molar-refractivity contribution in [3.63, 3.8) is 0 Å². The summed E-state index contributed by atoms with van der Waals surface area (Å²) < 4.78 is 7.37. The Morgan fingerprint density at radius 3 is 2.70 bits per heavy atom. The van der Waals surface area contributed by atoms with Gasteiger partial charge in [0.25, 0.3) is 5.56 Å². The van der Waals surface area contributed by atoms with Gasteiger partial charge in [0.05, 0.1) is 12.6 Å². The number of nitrogens with zero attached hydrogens (tertiary/aromatic N) is 1. The van der Waals surface area contributed by atoms with Gasteiger partial charge in [0, 0.05) is 16.6 Å². The Hall–Kier alpha value is -2.26. The molecule has 0 aliphatic carbocycles. The van der Waals surface area contributed by atoms with E-state index in [9.17, 15) is 4.79 Å².